The van der Waals surface area contributed by atoms with Crippen LogP contribution < -0.4 is 10.6 Å². The molecule has 0 aliphatic heterocycles. The molecule has 0 saturated heterocycles. The maximum Gasteiger partial charge on any atom is 0.224 e. The second-order valence-corrected chi connectivity index (χ2v) is 7.41. The van der Waals surface area contributed by atoms with Gasteiger partial charge in [-0.1, -0.05) is 11.6 Å². The average molecular weight is 379 g/mol. The van der Waals surface area contributed by atoms with Crippen LogP contribution in [0.25, 0.3) is 0 Å². The summed E-state index contributed by atoms with van der Waals surface area (Å²) in [6, 6.07) is 4.87. The van der Waals surface area contributed by atoms with Crippen molar-refractivity contribution >= 4 is 17.5 Å². The molecule has 1 aliphatic carbocycles. The normalized spacial score (nSPS) is 20.1. The third-order valence-corrected chi connectivity index (χ3v) is 4.95. The molecule has 0 spiro atoms. The van der Waals surface area contributed by atoms with Crippen LogP contribution in [0.3, 0.4) is 0 Å². The van der Waals surface area contributed by atoms with Crippen molar-refractivity contribution in [1.82, 2.24) is 20.4 Å². The molecule has 0 bridgehead atoms. The van der Waals surface area contributed by atoms with Crippen LogP contribution in [0.2, 0.25) is 5.02 Å². The largest absolute Gasteiger partial charge is 0.353 e. The first-order chi connectivity index (χ1) is 12.5. The van der Waals surface area contributed by atoms with Crippen molar-refractivity contribution in [2.45, 2.75) is 50.7 Å². The Morgan fingerprint density at radius 1 is 1.23 bits per heavy atom. The number of hydrogen-bond acceptors (Lipinski definition) is 3. The maximum absolute atomic E-state index is 13.3. The Kier molecular flexibility index (Phi) is 6.27. The van der Waals surface area contributed by atoms with Gasteiger partial charge in [0.15, 0.2) is 0 Å². The van der Waals surface area contributed by atoms with Crippen LogP contribution in [0.4, 0.5) is 4.39 Å². The Balaban J connectivity index is 1.39. The topological polar surface area (TPSA) is 59.0 Å². The molecule has 26 heavy (non-hydrogen) atoms. The smallest absolute Gasteiger partial charge is 0.224 e. The van der Waals surface area contributed by atoms with Crippen molar-refractivity contribution in [1.29, 1.82) is 0 Å². The van der Waals surface area contributed by atoms with Gasteiger partial charge in [-0.3, -0.25) is 9.48 Å². The van der Waals surface area contributed by atoms with E-state index in [0.717, 1.165) is 32.2 Å². The van der Waals surface area contributed by atoms with E-state index in [9.17, 15) is 9.18 Å². The van der Waals surface area contributed by atoms with E-state index in [1.807, 2.05) is 19.4 Å². The lowest BCUT2D eigenvalue weighted by molar-refractivity contribution is -0.121. The fourth-order valence-electron chi connectivity index (χ4n) is 3.44. The first-order valence-electron chi connectivity index (χ1n) is 8.93. The van der Waals surface area contributed by atoms with Crippen LogP contribution in [-0.4, -0.2) is 27.8 Å². The summed E-state index contributed by atoms with van der Waals surface area (Å²) in [5.74, 6) is -0.501. The third kappa shape index (κ3) is 5.54. The molecule has 2 aromatic rings. The molecule has 2 N–H and O–H groups in total. The van der Waals surface area contributed by atoms with Gasteiger partial charge in [-0.05, 0) is 49.4 Å². The van der Waals surface area contributed by atoms with Crippen molar-refractivity contribution < 1.29 is 9.18 Å². The van der Waals surface area contributed by atoms with Gasteiger partial charge in [0.1, 0.15) is 5.82 Å². The molecule has 1 aromatic heterocycles. The summed E-state index contributed by atoms with van der Waals surface area (Å²) < 4.78 is 15.1. The number of benzene rings is 1. The fourth-order valence-corrected chi connectivity index (χ4v) is 3.69. The van der Waals surface area contributed by atoms with Gasteiger partial charge in [0.2, 0.25) is 5.91 Å². The van der Waals surface area contributed by atoms with Crippen molar-refractivity contribution in [3.05, 3.63) is 52.6 Å². The fraction of sp³-hybridized carbons (Fsp3) is 0.474. The van der Waals surface area contributed by atoms with Gasteiger partial charge in [-0.15, -0.1) is 0 Å². The maximum atomic E-state index is 13.3. The number of amides is 1. The Bertz CT molecular complexity index is 735. The monoisotopic (exact) mass is 378 g/mol. The summed E-state index contributed by atoms with van der Waals surface area (Å²) in [7, 11) is 1.91. The molecular formula is C19H24ClFN4O. The molecule has 1 fully saturated rings. The lowest BCUT2D eigenvalue weighted by Crippen LogP contribution is -2.42. The van der Waals surface area contributed by atoms with Crippen molar-refractivity contribution in [3.8, 4) is 0 Å². The molecule has 7 heteroatoms. The number of rotatable bonds is 6. The first-order valence-corrected chi connectivity index (χ1v) is 9.31. The minimum absolute atomic E-state index is 0.0848. The van der Waals surface area contributed by atoms with Crippen LogP contribution in [0.1, 0.15) is 36.8 Å². The van der Waals surface area contributed by atoms with Gasteiger partial charge in [0, 0.05) is 42.5 Å². The zero-order valence-corrected chi connectivity index (χ0v) is 15.6. The minimum Gasteiger partial charge on any atom is -0.353 e. The van der Waals surface area contributed by atoms with Crippen molar-refractivity contribution in [2.75, 3.05) is 0 Å². The molecule has 0 radical (unpaired) electrons. The predicted octanol–water partition coefficient (Wildman–Crippen LogP) is 2.97. The molecular weight excluding hydrogens is 355 g/mol. The number of halogens is 2. The molecule has 1 aliphatic rings. The molecule has 140 valence electrons. The van der Waals surface area contributed by atoms with E-state index in [-0.39, 0.29) is 18.4 Å². The lowest BCUT2D eigenvalue weighted by Gasteiger charge is -2.29. The van der Waals surface area contributed by atoms with Gasteiger partial charge < -0.3 is 10.6 Å². The van der Waals surface area contributed by atoms with Crippen LogP contribution in [-0.2, 0) is 24.8 Å². The molecule has 1 amide bonds. The summed E-state index contributed by atoms with van der Waals surface area (Å²) in [5, 5.41) is 11.1. The summed E-state index contributed by atoms with van der Waals surface area (Å²) in [6.07, 6.45) is 7.97. The molecule has 0 atom stereocenters. The lowest BCUT2D eigenvalue weighted by atomic mass is 9.91. The van der Waals surface area contributed by atoms with E-state index in [4.69, 9.17) is 11.6 Å². The first kappa shape index (κ1) is 18.9. The number of hydrogen-bond donors (Lipinski definition) is 2. The van der Waals surface area contributed by atoms with E-state index < -0.39 is 5.82 Å². The highest BCUT2D eigenvalue weighted by Crippen LogP contribution is 2.20. The number of carbonyl (C=O) groups is 1. The highest BCUT2D eigenvalue weighted by atomic mass is 35.5. The number of nitrogens with one attached hydrogen (secondary N) is 2. The Morgan fingerprint density at radius 3 is 2.62 bits per heavy atom. The van der Waals surface area contributed by atoms with Gasteiger partial charge >= 0.3 is 0 Å². The van der Waals surface area contributed by atoms with E-state index >= 15 is 0 Å². The Hall–Kier alpha value is -1.92. The van der Waals surface area contributed by atoms with Crippen molar-refractivity contribution in [2.24, 2.45) is 7.05 Å². The van der Waals surface area contributed by atoms with Crippen LogP contribution in [0, 0.1) is 5.82 Å². The number of aryl methyl sites for hydroxylation is 1. The SMILES string of the molecule is Cn1cc(CNC2CCC(NC(=O)Cc3cc(F)cc(Cl)c3)CC2)cn1. The quantitative estimate of drug-likeness (QED) is 0.812. The summed E-state index contributed by atoms with van der Waals surface area (Å²) in [6.45, 7) is 0.815. The van der Waals surface area contributed by atoms with Gasteiger partial charge in [-0.25, -0.2) is 4.39 Å². The minimum atomic E-state index is -0.416. The summed E-state index contributed by atoms with van der Waals surface area (Å²) in [5.41, 5.74) is 1.77. The summed E-state index contributed by atoms with van der Waals surface area (Å²) in [4.78, 5) is 12.2. The molecule has 5 nitrogen and oxygen atoms in total. The van der Waals surface area contributed by atoms with Gasteiger partial charge in [0.05, 0.1) is 12.6 Å². The molecule has 1 heterocycles. The summed E-state index contributed by atoms with van der Waals surface area (Å²) >= 11 is 5.83. The third-order valence-electron chi connectivity index (χ3n) is 4.73. The highest BCUT2D eigenvalue weighted by molar-refractivity contribution is 6.30. The van der Waals surface area contributed by atoms with Crippen LogP contribution in [0.5, 0.6) is 0 Å². The van der Waals surface area contributed by atoms with Crippen molar-refractivity contribution in [3.63, 3.8) is 0 Å². The number of aromatic nitrogens is 2. The van der Waals surface area contributed by atoms with Gasteiger partial charge in [0.25, 0.3) is 0 Å². The zero-order chi connectivity index (χ0) is 18.5. The Labute approximate surface area is 157 Å². The second kappa shape index (κ2) is 8.64. The standard InChI is InChI=1S/C19H24ClFN4O/c1-25-12-14(11-23-25)10-22-17-2-4-18(5-3-17)24-19(26)8-13-6-15(20)9-16(21)7-13/h6-7,9,11-12,17-18,22H,2-5,8,10H2,1H3,(H,24,26). The van der Waals surface area contributed by atoms with E-state index in [1.54, 1.807) is 10.7 Å². The van der Waals surface area contributed by atoms with E-state index in [2.05, 4.69) is 15.7 Å². The number of nitrogens with zero attached hydrogens (tertiary/aromatic N) is 2. The molecule has 3 rings (SSSR count). The molecule has 1 saturated carbocycles. The second-order valence-electron chi connectivity index (χ2n) is 6.97. The molecule has 0 unspecified atom stereocenters. The predicted molar refractivity (Wildman–Crippen MR) is 99.3 cm³/mol. The highest BCUT2D eigenvalue weighted by Gasteiger charge is 2.22. The zero-order valence-electron chi connectivity index (χ0n) is 14.8. The van der Waals surface area contributed by atoms with E-state index in [0.29, 0.717) is 16.6 Å². The van der Waals surface area contributed by atoms with Gasteiger partial charge in [-0.2, -0.15) is 5.10 Å². The Morgan fingerprint density at radius 2 is 1.96 bits per heavy atom. The molecule has 1 aromatic carbocycles. The number of carbonyl (C=O) groups excluding carboxylic acids is 1. The van der Waals surface area contributed by atoms with Crippen LogP contribution in [0.15, 0.2) is 30.6 Å². The average Bonchev–Trinajstić information content (AvgIpc) is 2.98. The van der Waals surface area contributed by atoms with Crippen LogP contribution >= 0.6 is 11.6 Å². The van der Waals surface area contributed by atoms with E-state index in [1.165, 1.54) is 17.7 Å².